The molecule has 0 N–H and O–H groups in total. The number of ether oxygens (including phenoxy) is 1. The lowest BCUT2D eigenvalue weighted by Gasteiger charge is -2.36. The summed E-state index contributed by atoms with van der Waals surface area (Å²) in [6.07, 6.45) is -4.84. The van der Waals surface area contributed by atoms with Gasteiger partial charge >= 0.3 is 18.2 Å². The molecule has 3 rings (SSSR count). The van der Waals surface area contributed by atoms with Crippen LogP contribution in [0.1, 0.15) is 45.4 Å². The van der Waals surface area contributed by atoms with Crippen molar-refractivity contribution in [3.05, 3.63) is 11.8 Å². The van der Waals surface area contributed by atoms with Gasteiger partial charge < -0.3 is 9.15 Å². The molecule has 2 amide bonds. The molecule has 2 fully saturated rings. The molecule has 8 nitrogen and oxygen atoms in total. The summed E-state index contributed by atoms with van der Waals surface area (Å²) in [6.45, 7) is 5.96. The monoisotopic (exact) mass is 376 g/mol. The molecule has 2 aliphatic rings. The van der Waals surface area contributed by atoms with Gasteiger partial charge in [0.15, 0.2) is 5.60 Å². The number of alkyl halides is 3. The van der Waals surface area contributed by atoms with E-state index in [0.29, 0.717) is 13.1 Å². The fourth-order valence-corrected chi connectivity index (χ4v) is 3.13. The summed E-state index contributed by atoms with van der Waals surface area (Å²) in [5, 5.41) is 6.38. The number of likely N-dealkylation sites (tertiary alicyclic amines) is 1. The average molecular weight is 376 g/mol. The molecule has 0 bridgehead atoms. The molecule has 0 aliphatic carbocycles. The lowest BCUT2D eigenvalue weighted by atomic mass is 9.89. The van der Waals surface area contributed by atoms with E-state index in [1.807, 2.05) is 0 Å². The molecule has 1 aromatic heterocycles. The summed E-state index contributed by atoms with van der Waals surface area (Å²) in [7, 11) is 0. The largest absolute Gasteiger partial charge is 0.470 e. The Labute approximate surface area is 147 Å². The lowest BCUT2D eigenvalue weighted by Crippen LogP contribution is -2.53. The van der Waals surface area contributed by atoms with Crippen LogP contribution in [0.15, 0.2) is 4.42 Å². The molecule has 3 heterocycles. The molecule has 0 aromatic carbocycles. The zero-order chi connectivity index (χ0) is 19.3. The second-order valence-electron chi connectivity index (χ2n) is 7.45. The molecule has 144 valence electrons. The molecule has 1 spiro atoms. The van der Waals surface area contributed by atoms with Crippen LogP contribution in [0, 0.1) is 0 Å². The molecule has 2 aliphatic heterocycles. The molecule has 11 heteroatoms. The van der Waals surface area contributed by atoms with E-state index >= 15 is 0 Å². The highest BCUT2D eigenvalue weighted by Gasteiger charge is 2.57. The van der Waals surface area contributed by atoms with Gasteiger partial charge in [-0.15, -0.1) is 10.2 Å². The number of carbonyl (C=O) groups excluding carboxylic acids is 2. The first kappa shape index (κ1) is 18.6. The number of hydrogen-bond acceptors (Lipinski definition) is 7. The fraction of sp³-hybridized carbons (Fsp3) is 0.733. The van der Waals surface area contributed by atoms with Gasteiger partial charge in [0.05, 0.1) is 6.54 Å². The molecule has 0 saturated carbocycles. The van der Waals surface area contributed by atoms with E-state index in [2.05, 4.69) is 14.6 Å². The topological polar surface area (TPSA) is 88.8 Å². The molecule has 1 aromatic rings. The van der Waals surface area contributed by atoms with Crippen LogP contribution in [-0.4, -0.2) is 56.2 Å². The lowest BCUT2D eigenvalue weighted by molar-refractivity contribution is -0.157. The number of amides is 2. The van der Waals surface area contributed by atoms with E-state index in [4.69, 9.17) is 4.74 Å². The van der Waals surface area contributed by atoms with Crippen molar-refractivity contribution in [2.45, 2.75) is 57.5 Å². The second-order valence-corrected chi connectivity index (χ2v) is 7.45. The first-order chi connectivity index (χ1) is 11.9. The Morgan fingerprint density at radius 3 is 2.19 bits per heavy atom. The van der Waals surface area contributed by atoms with E-state index in [0.717, 1.165) is 4.90 Å². The maximum Gasteiger partial charge on any atom is 0.470 e. The highest BCUT2D eigenvalue weighted by Crippen LogP contribution is 2.38. The van der Waals surface area contributed by atoms with Crippen LogP contribution in [-0.2, 0) is 22.3 Å². The van der Waals surface area contributed by atoms with Crippen molar-refractivity contribution >= 4 is 12.0 Å². The Balaban J connectivity index is 1.64. The van der Waals surface area contributed by atoms with Crippen molar-refractivity contribution in [2.24, 2.45) is 0 Å². The minimum Gasteiger partial charge on any atom is -0.432 e. The summed E-state index contributed by atoms with van der Waals surface area (Å²) in [4.78, 5) is 27.7. The molecular weight excluding hydrogens is 357 g/mol. The van der Waals surface area contributed by atoms with Gasteiger partial charge in [0, 0.05) is 31.5 Å². The minimum atomic E-state index is -4.68. The summed E-state index contributed by atoms with van der Waals surface area (Å²) < 4.78 is 47.5. The molecule has 0 unspecified atom stereocenters. The highest BCUT2D eigenvalue weighted by atomic mass is 19.4. The van der Waals surface area contributed by atoms with E-state index in [9.17, 15) is 22.8 Å². The Morgan fingerprint density at radius 1 is 1.12 bits per heavy atom. The fourth-order valence-electron chi connectivity index (χ4n) is 3.13. The number of rotatable bonds is 2. The van der Waals surface area contributed by atoms with Crippen LogP contribution in [0.25, 0.3) is 0 Å². The third kappa shape index (κ3) is 3.27. The van der Waals surface area contributed by atoms with Crippen molar-refractivity contribution < 1.29 is 31.9 Å². The van der Waals surface area contributed by atoms with Crippen molar-refractivity contribution in [2.75, 3.05) is 13.1 Å². The number of aromatic nitrogens is 2. The third-order valence-corrected chi connectivity index (χ3v) is 4.46. The maximum atomic E-state index is 12.7. The summed E-state index contributed by atoms with van der Waals surface area (Å²) in [5.41, 5.74) is -1.89. The van der Waals surface area contributed by atoms with Gasteiger partial charge in [-0.3, -0.25) is 9.69 Å². The summed E-state index contributed by atoms with van der Waals surface area (Å²) in [5.74, 6) is -1.91. The van der Waals surface area contributed by atoms with E-state index < -0.39 is 29.3 Å². The average Bonchev–Trinajstić information content (AvgIpc) is 3.05. The van der Waals surface area contributed by atoms with E-state index in [-0.39, 0.29) is 31.2 Å². The van der Waals surface area contributed by atoms with Crippen LogP contribution >= 0.6 is 0 Å². The number of piperidine rings is 1. The molecule has 0 atom stereocenters. The van der Waals surface area contributed by atoms with Crippen molar-refractivity contribution in [1.29, 1.82) is 0 Å². The quantitative estimate of drug-likeness (QED) is 0.782. The number of hydrogen-bond donors (Lipinski definition) is 0. The van der Waals surface area contributed by atoms with Gasteiger partial charge in [0.1, 0.15) is 0 Å². The first-order valence-corrected chi connectivity index (χ1v) is 8.12. The van der Waals surface area contributed by atoms with Gasteiger partial charge in [0.25, 0.3) is 5.91 Å². The smallest absolute Gasteiger partial charge is 0.432 e. The number of imide groups is 1. The van der Waals surface area contributed by atoms with Crippen LogP contribution in [0.2, 0.25) is 0 Å². The Hall–Kier alpha value is -2.17. The van der Waals surface area contributed by atoms with Crippen LogP contribution in [0.4, 0.5) is 18.0 Å². The van der Waals surface area contributed by atoms with Crippen molar-refractivity contribution in [3.63, 3.8) is 0 Å². The van der Waals surface area contributed by atoms with Crippen LogP contribution < -0.4 is 0 Å². The number of nitrogens with zero attached hydrogens (tertiary/aromatic N) is 4. The van der Waals surface area contributed by atoms with Crippen molar-refractivity contribution in [1.82, 2.24) is 20.0 Å². The van der Waals surface area contributed by atoms with Crippen LogP contribution in [0.3, 0.4) is 0 Å². The zero-order valence-electron chi connectivity index (χ0n) is 14.6. The van der Waals surface area contributed by atoms with Gasteiger partial charge in [-0.05, 0) is 20.8 Å². The standard InChI is InChI=1S/C15H19F3N4O4/c1-13(2,3)22-11(23)14(26-12(22)24)4-6-21(7-5-14)8-9-19-20-10(25-9)15(16,17)18/h4-8H2,1-3H3. The molecule has 2 saturated heterocycles. The first-order valence-electron chi connectivity index (χ1n) is 8.12. The number of halogens is 3. The highest BCUT2D eigenvalue weighted by molar-refractivity contribution is 6.03. The molecular formula is C15H19F3N4O4. The maximum absolute atomic E-state index is 12.7. The zero-order valence-corrected chi connectivity index (χ0v) is 14.6. The third-order valence-electron chi connectivity index (χ3n) is 4.46. The predicted molar refractivity (Wildman–Crippen MR) is 79.6 cm³/mol. The normalized spacial score (nSPS) is 21.5. The van der Waals surface area contributed by atoms with E-state index in [1.165, 1.54) is 0 Å². The van der Waals surface area contributed by atoms with Crippen LogP contribution in [0.5, 0.6) is 0 Å². The Kier molecular flexibility index (Phi) is 4.25. The summed E-state index contributed by atoms with van der Waals surface area (Å²) >= 11 is 0. The Bertz CT molecular complexity index is 717. The second kappa shape index (κ2) is 5.93. The van der Waals surface area contributed by atoms with Gasteiger partial charge in [0.2, 0.25) is 5.89 Å². The molecule has 26 heavy (non-hydrogen) atoms. The SMILES string of the molecule is CC(C)(C)N1C(=O)OC2(CCN(Cc3nnc(C(F)(F)F)o3)CC2)C1=O. The summed E-state index contributed by atoms with van der Waals surface area (Å²) in [6, 6.07) is 0. The Morgan fingerprint density at radius 2 is 1.73 bits per heavy atom. The van der Waals surface area contributed by atoms with Gasteiger partial charge in [-0.2, -0.15) is 13.2 Å². The van der Waals surface area contributed by atoms with E-state index in [1.54, 1.807) is 25.7 Å². The number of carbonyl (C=O) groups is 2. The minimum absolute atomic E-state index is 0.0320. The van der Waals surface area contributed by atoms with Gasteiger partial charge in [-0.25, -0.2) is 9.69 Å². The van der Waals surface area contributed by atoms with Gasteiger partial charge in [-0.1, -0.05) is 0 Å². The predicted octanol–water partition coefficient (Wildman–Crippen LogP) is 2.20. The van der Waals surface area contributed by atoms with Crippen molar-refractivity contribution in [3.8, 4) is 0 Å². The molecule has 0 radical (unpaired) electrons.